The summed E-state index contributed by atoms with van der Waals surface area (Å²) >= 11 is 0. The van der Waals surface area contributed by atoms with Crippen molar-refractivity contribution in [3.05, 3.63) is 29.8 Å². The number of unbranched alkanes of at least 4 members (excludes halogenated alkanes) is 1. The molecule has 18 heavy (non-hydrogen) atoms. The molecule has 1 N–H and O–H groups in total. The second-order valence-electron chi connectivity index (χ2n) is 4.82. The molecule has 0 heterocycles. The first-order valence-electron chi connectivity index (χ1n) is 6.67. The minimum absolute atomic E-state index is 0.0870. The number of rotatable bonds is 7. The van der Waals surface area contributed by atoms with Gasteiger partial charge in [-0.25, -0.2) is 0 Å². The predicted octanol–water partition coefficient (Wildman–Crippen LogP) is 3.06. The van der Waals surface area contributed by atoms with E-state index in [1.54, 1.807) is 0 Å². The summed E-state index contributed by atoms with van der Waals surface area (Å²) in [5.41, 5.74) is 2.05. The predicted molar refractivity (Wildman–Crippen MR) is 76.8 cm³/mol. The zero-order chi connectivity index (χ0) is 13.4. The van der Waals surface area contributed by atoms with E-state index in [0.29, 0.717) is 6.42 Å². The summed E-state index contributed by atoms with van der Waals surface area (Å²) in [6, 6.07) is 7.89. The van der Waals surface area contributed by atoms with Gasteiger partial charge in [-0.3, -0.25) is 4.79 Å². The van der Waals surface area contributed by atoms with Crippen molar-refractivity contribution >= 4 is 11.6 Å². The smallest absolute Gasteiger partial charge is 0.225 e. The number of anilines is 1. The van der Waals surface area contributed by atoms with Crippen molar-refractivity contribution in [2.45, 2.75) is 33.1 Å². The van der Waals surface area contributed by atoms with E-state index in [4.69, 9.17) is 0 Å². The highest BCUT2D eigenvalue weighted by atomic mass is 16.1. The van der Waals surface area contributed by atoms with Gasteiger partial charge in [0, 0.05) is 18.7 Å². The number of nitrogens with zero attached hydrogens (tertiary/aromatic N) is 1. The second-order valence-corrected chi connectivity index (χ2v) is 4.82. The maximum Gasteiger partial charge on any atom is 0.225 e. The first-order chi connectivity index (χ1) is 8.61. The molecule has 0 saturated heterocycles. The maximum absolute atomic E-state index is 11.8. The Kier molecular flexibility index (Phi) is 6.44. The van der Waals surface area contributed by atoms with E-state index in [1.807, 2.05) is 31.2 Å². The summed E-state index contributed by atoms with van der Waals surface area (Å²) in [6.07, 6.45) is 2.93. The SMILES string of the molecule is CCCCN(C)CCC(=O)Nc1cccc(C)c1. The average Bonchev–Trinajstić information content (AvgIpc) is 2.34. The Morgan fingerprint density at radius 2 is 2.11 bits per heavy atom. The van der Waals surface area contributed by atoms with Gasteiger partial charge in [0.25, 0.3) is 0 Å². The van der Waals surface area contributed by atoms with Crippen LogP contribution in [0.25, 0.3) is 0 Å². The minimum Gasteiger partial charge on any atom is -0.326 e. The molecule has 3 nitrogen and oxygen atoms in total. The van der Waals surface area contributed by atoms with E-state index in [1.165, 1.54) is 12.8 Å². The molecule has 0 aliphatic carbocycles. The lowest BCUT2D eigenvalue weighted by atomic mass is 10.2. The zero-order valence-corrected chi connectivity index (χ0v) is 11.7. The molecule has 0 aromatic heterocycles. The zero-order valence-electron chi connectivity index (χ0n) is 11.7. The van der Waals surface area contributed by atoms with Crippen LogP contribution < -0.4 is 5.32 Å². The summed E-state index contributed by atoms with van der Waals surface area (Å²) in [7, 11) is 2.07. The normalized spacial score (nSPS) is 10.7. The Morgan fingerprint density at radius 1 is 1.33 bits per heavy atom. The second kappa shape index (κ2) is 7.88. The molecule has 1 rings (SSSR count). The third kappa shape index (κ3) is 5.82. The van der Waals surface area contributed by atoms with Crippen molar-refractivity contribution in [3.8, 4) is 0 Å². The Labute approximate surface area is 110 Å². The minimum atomic E-state index is 0.0870. The molecule has 3 heteroatoms. The average molecular weight is 248 g/mol. The maximum atomic E-state index is 11.8. The summed E-state index contributed by atoms with van der Waals surface area (Å²) in [5.74, 6) is 0.0870. The van der Waals surface area contributed by atoms with E-state index in [9.17, 15) is 4.79 Å². The molecule has 100 valence electrons. The molecule has 0 saturated carbocycles. The van der Waals surface area contributed by atoms with Crippen molar-refractivity contribution in [1.29, 1.82) is 0 Å². The van der Waals surface area contributed by atoms with Gasteiger partial charge in [-0.2, -0.15) is 0 Å². The van der Waals surface area contributed by atoms with E-state index in [-0.39, 0.29) is 5.91 Å². The molecule has 0 aliphatic heterocycles. The number of aryl methyl sites for hydroxylation is 1. The van der Waals surface area contributed by atoms with Crippen molar-refractivity contribution in [3.63, 3.8) is 0 Å². The summed E-state index contributed by atoms with van der Waals surface area (Å²) in [4.78, 5) is 14.0. The summed E-state index contributed by atoms with van der Waals surface area (Å²) in [5, 5.41) is 2.93. The lowest BCUT2D eigenvalue weighted by Crippen LogP contribution is -2.25. The quantitative estimate of drug-likeness (QED) is 0.804. The Morgan fingerprint density at radius 3 is 2.78 bits per heavy atom. The van der Waals surface area contributed by atoms with E-state index in [0.717, 1.165) is 24.3 Å². The molecule has 0 spiro atoms. The van der Waals surface area contributed by atoms with E-state index < -0.39 is 0 Å². The highest BCUT2D eigenvalue weighted by molar-refractivity contribution is 5.90. The van der Waals surface area contributed by atoms with Gasteiger partial charge in [-0.15, -0.1) is 0 Å². The van der Waals surface area contributed by atoms with Crippen LogP contribution in [0.2, 0.25) is 0 Å². The van der Waals surface area contributed by atoms with Gasteiger partial charge in [0.1, 0.15) is 0 Å². The number of hydrogen-bond donors (Lipinski definition) is 1. The van der Waals surface area contributed by atoms with Crippen molar-refractivity contribution in [1.82, 2.24) is 4.90 Å². The number of carbonyl (C=O) groups excluding carboxylic acids is 1. The number of carbonyl (C=O) groups is 1. The van der Waals surface area contributed by atoms with E-state index >= 15 is 0 Å². The molecule has 1 aromatic carbocycles. The summed E-state index contributed by atoms with van der Waals surface area (Å²) in [6.45, 7) is 6.08. The van der Waals surface area contributed by atoms with Gasteiger partial charge in [0.15, 0.2) is 0 Å². The van der Waals surface area contributed by atoms with Crippen molar-refractivity contribution in [2.75, 3.05) is 25.5 Å². The number of benzene rings is 1. The third-order valence-electron chi connectivity index (χ3n) is 2.92. The van der Waals surface area contributed by atoms with Crippen molar-refractivity contribution < 1.29 is 4.79 Å². The fraction of sp³-hybridized carbons (Fsp3) is 0.533. The van der Waals surface area contributed by atoms with Crippen molar-refractivity contribution in [2.24, 2.45) is 0 Å². The fourth-order valence-electron chi connectivity index (χ4n) is 1.78. The largest absolute Gasteiger partial charge is 0.326 e. The number of amides is 1. The van der Waals surface area contributed by atoms with Crippen LogP contribution in [-0.2, 0) is 4.79 Å². The van der Waals surface area contributed by atoms with Crippen LogP contribution in [0.15, 0.2) is 24.3 Å². The van der Waals surface area contributed by atoms with Gasteiger partial charge >= 0.3 is 0 Å². The van der Waals surface area contributed by atoms with Crippen LogP contribution in [0.3, 0.4) is 0 Å². The van der Waals surface area contributed by atoms with Crippen LogP contribution >= 0.6 is 0 Å². The standard InChI is InChI=1S/C15H24N2O/c1-4-5-10-17(3)11-9-15(18)16-14-8-6-7-13(2)12-14/h6-8,12H,4-5,9-11H2,1-3H3,(H,16,18). The van der Waals surface area contributed by atoms with Crippen LogP contribution in [0.1, 0.15) is 31.7 Å². The van der Waals surface area contributed by atoms with Crippen LogP contribution in [0.5, 0.6) is 0 Å². The third-order valence-corrected chi connectivity index (χ3v) is 2.92. The Bertz CT molecular complexity index is 377. The van der Waals surface area contributed by atoms with Gasteiger partial charge in [0.2, 0.25) is 5.91 Å². The van der Waals surface area contributed by atoms with E-state index in [2.05, 4.69) is 24.2 Å². The molecule has 0 bridgehead atoms. The van der Waals surface area contributed by atoms with Gasteiger partial charge in [-0.1, -0.05) is 25.5 Å². The fourth-order valence-corrected chi connectivity index (χ4v) is 1.78. The molecule has 1 aromatic rings. The topological polar surface area (TPSA) is 32.3 Å². The highest BCUT2D eigenvalue weighted by Crippen LogP contribution is 2.09. The lowest BCUT2D eigenvalue weighted by Gasteiger charge is -2.15. The molecule has 1 amide bonds. The number of nitrogens with one attached hydrogen (secondary N) is 1. The molecular formula is C15H24N2O. The van der Waals surface area contributed by atoms with Gasteiger partial charge < -0.3 is 10.2 Å². The monoisotopic (exact) mass is 248 g/mol. The Balaban J connectivity index is 2.29. The highest BCUT2D eigenvalue weighted by Gasteiger charge is 2.04. The van der Waals surface area contributed by atoms with Gasteiger partial charge in [-0.05, 0) is 44.6 Å². The molecule has 0 fully saturated rings. The molecule has 0 atom stereocenters. The van der Waals surface area contributed by atoms with Crippen LogP contribution in [0.4, 0.5) is 5.69 Å². The first-order valence-corrected chi connectivity index (χ1v) is 6.67. The van der Waals surface area contributed by atoms with Crippen LogP contribution in [0, 0.1) is 6.92 Å². The Hall–Kier alpha value is -1.35. The number of hydrogen-bond acceptors (Lipinski definition) is 2. The first kappa shape index (κ1) is 14.7. The lowest BCUT2D eigenvalue weighted by molar-refractivity contribution is -0.116. The summed E-state index contributed by atoms with van der Waals surface area (Å²) < 4.78 is 0. The van der Waals surface area contributed by atoms with Gasteiger partial charge in [0.05, 0.1) is 0 Å². The van der Waals surface area contributed by atoms with Crippen LogP contribution in [-0.4, -0.2) is 30.9 Å². The molecule has 0 unspecified atom stereocenters. The molecule has 0 radical (unpaired) electrons. The molecule has 0 aliphatic rings. The molecular weight excluding hydrogens is 224 g/mol.